The van der Waals surface area contributed by atoms with Gasteiger partial charge in [0.05, 0.1) is 13.2 Å². The van der Waals surface area contributed by atoms with E-state index >= 15 is 0 Å². The van der Waals surface area contributed by atoms with Gasteiger partial charge in [0, 0.05) is 5.56 Å². The molecule has 1 aromatic carbocycles. The van der Waals surface area contributed by atoms with Crippen LogP contribution in [0.15, 0.2) is 18.2 Å². The van der Waals surface area contributed by atoms with Crippen LogP contribution in [0.3, 0.4) is 0 Å². The van der Waals surface area contributed by atoms with Crippen LogP contribution in [0, 0.1) is 0 Å². The van der Waals surface area contributed by atoms with Crippen molar-refractivity contribution in [2.24, 2.45) is 5.73 Å². The van der Waals surface area contributed by atoms with E-state index < -0.39 is 0 Å². The molecule has 68 valence electrons. The SMILES string of the molecule is NC(=S)c1ccc2c(c1)CCOC2. The fourth-order valence-corrected chi connectivity index (χ4v) is 1.64. The van der Waals surface area contributed by atoms with Crippen molar-refractivity contribution in [2.75, 3.05) is 6.61 Å². The van der Waals surface area contributed by atoms with Crippen molar-refractivity contribution in [3.63, 3.8) is 0 Å². The molecule has 0 amide bonds. The summed E-state index contributed by atoms with van der Waals surface area (Å²) in [7, 11) is 0. The van der Waals surface area contributed by atoms with Crippen molar-refractivity contribution in [2.45, 2.75) is 13.0 Å². The van der Waals surface area contributed by atoms with E-state index in [2.05, 4.69) is 6.07 Å². The second-order valence-corrected chi connectivity index (χ2v) is 3.59. The maximum absolute atomic E-state index is 5.55. The van der Waals surface area contributed by atoms with E-state index in [0.717, 1.165) is 18.6 Å². The Morgan fingerprint density at radius 2 is 2.23 bits per heavy atom. The smallest absolute Gasteiger partial charge is 0.103 e. The molecule has 1 heterocycles. The molecular formula is C10H11NOS. The maximum atomic E-state index is 5.55. The van der Waals surface area contributed by atoms with Gasteiger partial charge in [-0.25, -0.2) is 0 Å². The Labute approximate surface area is 82.7 Å². The Bertz CT molecular complexity index is 349. The Balaban J connectivity index is 2.40. The molecule has 2 N–H and O–H groups in total. The summed E-state index contributed by atoms with van der Waals surface area (Å²) in [4.78, 5) is 0.467. The van der Waals surface area contributed by atoms with Gasteiger partial charge in [-0.1, -0.05) is 24.4 Å². The van der Waals surface area contributed by atoms with Crippen LogP contribution in [-0.2, 0) is 17.8 Å². The van der Waals surface area contributed by atoms with Crippen molar-refractivity contribution in [3.05, 3.63) is 34.9 Å². The first-order valence-electron chi connectivity index (χ1n) is 4.27. The van der Waals surface area contributed by atoms with Gasteiger partial charge in [-0.15, -0.1) is 0 Å². The first-order chi connectivity index (χ1) is 6.27. The zero-order valence-corrected chi connectivity index (χ0v) is 8.06. The molecule has 0 radical (unpaired) electrons. The summed E-state index contributed by atoms with van der Waals surface area (Å²) >= 11 is 4.91. The number of hydrogen-bond acceptors (Lipinski definition) is 2. The molecule has 3 heteroatoms. The topological polar surface area (TPSA) is 35.2 Å². The zero-order chi connectivity index (χ0) is 9.26. The predicted molar refractivity (Wildman–Crippen MR) is 55.7 cm³/mol. The molecule has 0 bridgehead atoms. The van der Waals surface area contributed by atoms with E-state index in [1.165, 1.54) is 11.1 Å². The highest BCUT2D eigenvalue weighted by molar-refractivity contribution is 7.80. The number of rotatable bonds is 1. The summed E-state index contributed by atoms with van der Waals surface area (Å²) in [6, 6.07) is 6.07. The number of ether oxygens (including phenoxy) is 1. The molecular weight excluding hydrogens is 182 g/mol. The van der Waals surface area contributed by atoms with Crippen molar-refractivity contribution >= 4 is 17.2 Å². The Hall–Kier alpha value is -0.930. The van der Waals surface area contributed by atoms with E-state index in [9.17, 15) is 0 Å². The van der Waals surface area contributed by atoms with Crippen molar-refractivity contribution in [1.29, 1.82) is 0 Å². The molecule has 0 atom stereocenters. The van der Waals surface area contributed by atoms with E-state index in [1.54, 1.807) is 0 Å². The molecule has 0 unspecified atom stereocenters. The number of benzene rings is 1. The van der Waals surface area contributed by atoms with Crippen LogP contribution in [0.5, 0.6) is 0 Å². The van der Waals surface area contributed by atoms with E-state index in [-0.39, 0.29) is 0 Å². The van der Waals surface area contributed by atoms with Crippen LogP contribution in [0.25, 0.3) is 0 Å². The van der Waals surface area contributed by atoms with E-state index in [1.807, 2.05) is 12.1 Å². The summed E-state index contributed by atoms with van der Waals surface area (Å²) in [5.41, 5.74) is 9.07. The van der Waals surface area contributed by atoms with Gasteiger partial charge < -0.3 is 10.5 Å². The van der Waals surface area contributed by atoms with Crippen LogP contribution >= 0.6 is 12.2 Å². The van der Waals surface area contributed by atoms with Gasteiger partial charge >= 0.3 is 0 Å². The normalized spacial score (nSPS) is 15.1. The van der Waals surface area contributed by atoms with Crippen LogP contribution in [0.4, 0.5) is 0 Å². The Morgan fingerprint density at radius 1 is 1.38 bits per heavy atom. The summed E-state index contributed by atoms with van der Waals surface area (Å²) < 4.78 is 5.33. The fraction of sp³-hybridized carbons (Fsp3) is 0.300. The fourth-order valence-electron chi connectivity index (χ4n) is 1.52. The Kier molecular flexibility index (Phi) is 2.29. The molecule has 0 aromatic heterocycles. The third-order valence-corrected chi connectivity index (χ3v) is 2.50. The summed E-state index contributed by atoms with van der Waals surface area (Å²) in [6.45, 7) is 1.51. The maximum Gasteiger partial charge on any atom is 0.103 e. The van der Waals surface area contributed by atoms with Gasteiger partial charge in [-0.2, -0.15) is 0 Å². The Morgan fingerprint density at radius 3 is 3.00 bits per heavy atom. The average Bonchev–Trinajstić information content (AvgIpc) is 2.17. The van der Waals surface area contributed by atoms with Gasteiger partial charge in [0.1, 0.15) is 4.99 Å². The third-order valence-electron chi connectivity index (χ3n) is 2.26. The van der Waals surface area contributed by atoms with Gasteiger partial charge in [-0.3, -0.25) is 0 Å². The highest BCUT2D eigenvalue weighted by Crippen LogP contribution is 2.18. The molecule has 0 spiro atoms. The van der Waals surface area contributed by atoms with Gasteiger partial charge in [0.25, 0.3) is 0 Å². The largest absolute Gasteiger partial charge is 0.389 e. The zero-order valence-electron chi connectivity index (χ0n) is 7.25. The monoisotopic (exact) mass is 193 g/mol. The summed E-state index contributed by atoms with van der Waals surface area (Å²) in [6.07, 6.45) is 0.964. The second-order valence-electron chi connectivity index (χ2n) is 3.15. The van der Waals surface area contributed by atoms with Gasteiger partial charge in [0.15, 0.2) is 0 Å². The van der Waals surface area contributed by atoms with Crippen LogP contribution in [-0.4, -0.2) is 11.6 Å². The molecule has 0 saturated heterocycles. The summed E-state index contributed by atoms with van der Waals surface area (Å²) in [5, 5.41) is 0. The first-order valence-corrected chi connectivity index (χ1v) is 4.67. The predicted octanol–water partition coefficient (Wildman–Crippen LogP) is 1.39. The highest BCUT2D eigenvalue weighted by Gasteiger charge is 2.09. The molecule has 13 heavy (non-hydrogen) atoms. The van der Waals surface area contributed by atoms with Crippen molar-refractivity contribution in [3.8, 4) is 0 Å². The molecule has 0 fully saturated rings. The minimum atomic E-state index is 0.467. The number of hydrogen-bond donors (Lipinski definition) is 1. The molecule has 0 aliphatic carbocycles. The van der Waals surface area contributed by atoms with Crippen molar-refractivity contribution < 1.29 is 4.74 Å². The molecule has 2 nitrogen and oxygen atoms in total. The summed E-state index contributed by atoms with van der Waals surface area (Å²) in [5.74, 6) is 0. The number of nitrogens with two attached hydrogens (primary N) is 1. The lowest BCUT2D eigenvalue weighted by Gasteiger charge is -2.16. The van der Waals surface area contributed by atoms with Crippen LogP contribution in [0.1, 0.15) is 16.7 Å². The van der Waals surface area contributed by atoms with Gasteiger partial charge in [-0.05, 0) is 23.6 Å². The average molecular weight is 193 g/mol. The molecule has 1 aliphatic heterocycles. The second kappa shape index (κ2) is 3.44. The quantitative estimate of drug-likeness (QED) is 0.685. The minimum absolute atomic E-state index is 0.467. The van der Waals surface area contributed by atoms with Crippen molar-refractivity contribution in [1.82, 2.24) is 0 Å². The molecule has 1 aromatic rings. The molecule has 1 aliphatic rings. The third kappa shape index (κ3) is 1.71. The van der Waals surface area contributed by atoms with Crippen LogP contribution in [0.2, 0.25) is 0 Å². The lowest BCUT2D eigenvalue weighted by atomic mass is 10.0. The van der Waals surface area contributed by atoms with Crippen LogP contribution < -0.4 is 5.73 Å². The minimum Gasteiger partial charge on any atom is -0.389 e. The number of thiocarbonyl (C=S) groups is 1. The highest BCUT2D eigenvalue weighted by atomic mass is 32.1. The van der Waals surface area contributed by atoms with E-state index in [4.69, 9.17) is 22.7 Å². The number of fused-ring (bicyclic) bond motifs is 1. The lowest BCUT2D eigenvalue weighted by Crippen LogP contribution is -2.14. The first kappa shape index (κ1) is 8.66. The van der Waals surface area contributed by atoms with Gasteiger partial charge in [0.2, 0.25) is 0 Å². The van der Waals surface area contributed by atoms with E-state index in [0.29, 0.717) is 11.6 Å². The lowest BCUT2D eigenvalue weighted by molar-refractivity contribution is 0.111. The standard InChI is InChI=1S/C10H11NOS/c11-10(13)8-1-2-9-6-12-4-3-7(9)5-8/h1-2,5H,3-4,6H2,(H2,11,13). The molecule has 0 saturated carbocycles. The molecule has 2 rings (SSSR count).